The van der Waals surface area contributed by atoms with Crippen LogP contribution in [0.2, 0.25) is 0 Å². The van der Waals surface area contributed by atoms with Crippen LogP contribution in [0.4, 0.5) is 0 Å². The molecule has 0 unspecified atom stereocenters. The Labute approximate surface area is 66.8 Å². The summed E-state index contributed by atoms with van der Waals surface area (Å²) in [6.07, 6.45) is 0. The van der Waals surface area contributed by atoms with Gasteiger partial charge in [0, 0.05) is 0 Å². The summed E-state index contributed by atoms with van der Waals surface area (Å²) in [5.74, 6) is 0. The Balaban J connectivity index is -0.0000000267. The molecule has 0 aromatic rings. The van der Waals surface area contributed by atoms with E-state index in [1.807, 2.05) is 0 Å². The Morgan fingerprint density at radius 3 is 1.29 bits per heavy atom. The fraction of sp³-hybridized carbons (Fsp3) is 0. The first-order chi connectivity index (χ1) is 2.00. The molecule has 0 spiro atoms. The molecule has 7 heavy (non-hydrogen) atoms. The fourth-order valence-corrected chi connectivity index (χ4v) is 0. The van der Waals surface area contributed by atoms with E-state index in [9.17, 15) is 0 Å². The number of rotatable bonds is 0. The van der Waals surface area contributed by atoms with Crippen molar-refractivity contribution in [3.05, 3.63) is 0 Å². The summed E-state index contributed by atoms with van der Waals surface area (Å²) in [4.78, 5) is 0. The van der Waals surface area contributed by atoms with Crippen LogP contribution in [-0.2, 0) is 3.74 Å². The minimum atomic E-state index is -5.12. The van der Waals surface area contributed by atoms with Crippen molar-refractivity contribution < 1.29 is 52.5 Å². The third kappa shape index (κ3) is 135. The van der Waals surface area contributed by atoms with Crippen molar-refractivity contribution in [1.82, 2.24) is 0 Å². The summed E-state index contributed by atoms with van der Waals surface area (Å²) in [6, 6.07) is 0. The monoisotopic (exact) mass is 184 g/mol. The third-order valence-corrected chi connectivity index (χ3v) is 0. The summed E-state index contributed by atoms with van der Waals surface area (Å²) >= 11 is -5.12. The zero-order chi connectivity index (χ0) is 4.50. The molecule has 0 aliphatic heterocycles. The van der Waals surface area contributed by atoms with E-state index < -0.39 is 14.5 Å². The Hall–Kier alpha value is 1.20. The summed E-state index contributed by atoms with van der Waals surface area (Å²) in [6.45, 7) is 0. The first kappa shape index (κ1) is 15.7. The van der Waals surface area contributed by atoms with E-state index >= 15 is 0 Å². The predicted molar refractivity (Wildman–Crippen MR) is 17.8 cm³/mol. The smallest absolute Gasteiger partial charge is 1.00 e. The molecule has 5 N–H and O–H groups in total. The van der Waals surface area contributed by atoms with Gasteiger partial charge in [0.05, 0.1) is 0 Å². The molecule has 0 atom stereocenters. The van der Waals surface area contributed by atoms with Gasteiger partial charge in [0.2, 0.25) is 0 Å². The average molecular weight is 184 g/mol. The first-order valence-electron chi connectivity index (χ1n) is 0.783. The summed E-state index contributed by atoms with van der Waals surface area (Å²) in [5.41, 5.74) is 0. The quantitative estimate of drug-likeness (QED) is 0.325. The largest absolute Gasteiger partial charge is 1.00 e. The minimum absolute atomic E-state index is 0. The molecule has 0 aliphatic rings. The maximum absolute atomic E-state index is 8.94. The molecule has 0 radical (unpaired) electrons. The van der Waals surface area contributed by atoms with Crippen molar-refractivity contribution in [2.75, 3.05) is 0 Å². The summed E-state index contributed by atoms with van der Waals surface area (Å²) in [7, 11) is 0. The second-order valence-corrected chi connectivity index (χ2v) is 2.67. The fourth-order valence-electron chi connectivity index (χ4n) is 0. The van der Waals surface area contributed by atoms with Crippen LogP contribution in [0.3, 0.4) is 0 Å². The molecule has 0 aliphatic carbocycles. The predicted octanol–water partition coefficient (Wildman–Crippen LogP) is -5.88. The van der Waals surface area contributed by atoms with E-state index in [1.54, 1.807) is 0 Å². The molecule has 7 heteroatoms. The van der Waals surface area contributed by atoms with Crippen LogP contribution >= 0.6 is 0 Å². The van der Waals surface area contributed by atoms with Gasteiger partial charge in [-0.15, -0.1) is 0 Å². The Bertz CT molecular complexity index is 58.6. The second kappa shape index (κ2) is 5.34. The normalized spacial score (nSPS) is 8.43. The number of hydrogen-bond acceptors (Lipinski definition) is 1. The van der Waals surface area contributed by atoms with Crippen molar-refractivity contribution in [3.8, 4) is 0 Å². The van der Waals surface area contributed by atoms with Crippen molar-refractivity contribution in [2.24, 2.45) is 0 Å². The molecule has 5 nitrogen and oxygen atoms in total. The second-order valence-electron chi connectivity index (χ2n) is 0.513. The molecule has 0 rings (SSSR count). The Kier molecular flexibility index (Phi) is 12.0. The maximum atomic E-state index is 8.94. The minimum Gasteiger partial charge on any atom is -1.00 e. The number of hydrogen-bond donors (Lipinski definition) is 3. The van der Waals surface area contributed by atoms with Gasteiger partial charge in [-0.2, -0.15) is 0 Å². The van der Waals surface area contributed by atoms with Crippen molar-refractivity contribution in [2.45, 2.75) is 0 Å². The van der Waals surface area contributed by atoms with Gasteiger partial charge in [0.1, 0.15) is 0 Å². The van der Waals surface area contributed by atoms with Crippen LogP contribution in [0.15, 0.2) is 0 Å². The molecule has 0 saturated carbocycles. The van der Waals surface area contributed by atoms with Gasteiger partial charge in [-0.05, 0) is 0 Å². The van der Waals surface area contributed by atoms with Gasteiger partial charge in [-0.25, -0.2) is 0 Å². The van der Waals surface area contributed by atoms with E-state index in [1.165, 1.54) is 0 Å². The Morgan fingerprint density at radius 2 is 1.29 bits per heavy atom. The molecule has 0 heterocycles. The van der Waals surface area contributed by atoms with E-state index in [0.29, 0.717) is 0 Å². The molecular weight excluding hydrogens is 178 g/mol. The van der Waals surface area contributed by atoms with E-state index in [4.69, 9.17) is 16.0 Å². The zero-order valence-electron chi connectivity index (χ0n) is 4.70. The van der Waals surface area contributed by atoms with Crippen molar-refractivity contribution in [1.29, 1.82) is 0 Å². The molecular formula is H6AsNaO5. The Morgan fingerprint density at radius 1 is 1.29 bits per heavy atom. The van der Waals surface area contributed by atoms with Crippen LogP contribution in [0.1, 0.15) is 1.43 Å². The molecule has 0 aromatic heterocycles. The van der Waals surface area contributed by atoms with Crippen LogP contribution in [-0.4, -0.2) is 32.3 Å². The van der Waals surface area contributed by atoms with Crippen LogP contribution in [0.25, 0.3) is 0 Å². The average Bonchev–Trinajstić information content (AvgIpc) is 0.722. The van der Waals surface area contributed by atoms with Gasteiger partial charge in [0.25, 0.3) is 0 Å². The molecule has 0 fully saturated rings. The third-order valence-electron chi connectivity index (χ3n) is 0. The van der Waals surface area contributed by atoms with Gasteiger partial charge >= 0.3 is 60.1 Å². The zero-order valence-corrected chi connectivity index (χ0v) is 7.57. The van der Waals surface area contributed by atoms with E-state index in [0.717, 1.165) is 0 Å². The molecule has 42 valence electrons. The maximum Gasteiger partial charge on any atom is 1.00 e. The van der Waals surface area contributed by atoms with Crippen LogP contribution < -0.4 is 29.6 Å². The molecule has 0 amide bonds. The summed E-state index contributed by atoms with van der Waals surface area (Å²) in [5, 5.41) is 0. The molecule has 0 aromatic carbocycles. The van der Waals surface area contributed by atoms with Crippen molar-refractivity contribution >= 4 is 14.5 Å². The van der Waals surface area contributed by atoms with Gasteiger partial charge < -0.3 is 6.90 Å². The van der Waals surface area contributed by atoms with E-state index in [-0.39, 0.29) is 36.5 Å². The van der Waals surface area contributed by atoms with Crippen LogP contribution in [0.5, 0.6) is 0 Å². The molecule has 0 saturated heterocycles. The van der Waals surface area contributed by atoms with Crippen LogP contribution in [0, 0.1) is 0 Å². The molecule has 0 bridgehead atoms. The standard InChI is InChI=1S/AsH3O4.Na.H2O.H/c2-1(3,4)5;;;/h(H3,2,3,4,5);;1H2;/q;+1;;-1. The first-order valence-corrected chi connectivity index (χ1v) is 4.07. The van der Waals surface area contributed by atoms with E-state index in [2.05, 4.69) is 0 Å². The van der Waals surface area contributed by atoms with Gasteiger partial charge in [-0.1, -0.05) is 0 Å². The topological polar surface area (TPSA) is 109 Å². The SMILES string of the molecule is O.O=[As](O)(O)O.[H-].[Na+]. The van der Waals surface area contributed by atoms with Crippen molar-refractivity contribution in [3.63, 3.8) is 0 Å². The van der Waals surface area contributed by atoms with Gasteiger partial charge in [0.15, 0.2) is 0 Å². The summed E-state index contributed by atoms with van der Waals surface area (Å²) < 4.78 is 30.7. The van der Waals surface area contributed by atoms with Gasteiger partial charge in [-0.3, -0.25) is 0 Å².